The molecule has 0 N–H and O–H groups in total. The number of rotatable bonds is 8. The van der Waals surface area contributed by atoms with Gasteiger partial charge in [-0.25, -0.2) is 9.59 Å². The third-order valence-corrected chi connectivity index (χ3v) is 7.83. The van der Waals surface area contributed by atoms with Crippen LogP contribution in [-0.2, 0) is 28.7 Å². The number of hydrogen-bond acceptors (Lipinski definition) is 8. The minimum absolute atomic E-state index is 0.0911. The van der Waals surface area contributed by atoms with Crippen molar-refractivity contribution in [1.29, 1.82) is 0 Å². The van der Waals surface area contributed by atoms with Crippen molar-refractivity contribution in [1.82, 2.24) is 9.80 Å². The molecule has 4 amide bonds. The van der Waals surface area contributed by atoms with Gasteiger partial charge in [-0.15, -0.1) is 0 Å². The highest BCUT2D eigenvalue weighted by Gasteiger charge is 2.59. The molecule has 6 unspecified atom stereocenters. The maximum Gasteiger partial charge on any atom is 0.338 e. The molecular formula is C30H30N2O8. The Morgan fingerprint density at radius 3 is 1.23 bits per heavy atom. The molecule has 10 nitrogen and oxygen atoms in total. The number of likely N-dealkylation sites (tertiary alicyclic amines) is 2. The molecule has 0 aromatic heterocycles. The maximum absolute atomic E-state index is 13.2. The Labute approximate surface area is 231 Å². The number of carbonyl (C=O) groups excluding carboxylic acids is 6. The van der Waals surface area contributed by atoms with Crippen LogP contribution in [0, 0.1) is 23.7 Å². The van der Waals surface area contributed by atoms with Gasteiger partial charge in [0.05, 0.1) is 47.9 Å². The van der Waals surface area contributed by atoms with Crippen molar-refractivity contribution in [2.75, 3.05) is 13.1 Å². The summed E-state index contributed by atoms with van der Waals surface area (Å²) in [6.45, 7) is 3.01. The molecule has 0 radical (unpaired) electrons. The quantitative estimate of drug-likeness (QED) is 0.365. The summed E-state index contributed by atoms with van der Waals surface area (Å²) < 4.78 is 10.9. The standard InChI is InChI=1S/C30H30N2O8/c1-17(39-29(37)19-9-5-3-6-10-19)15-31-25(33)21-13-23-24(14-22(21)26(31)34)28(36)32(27(23)35)16-18(2)40-30(38)20-11-7-4-8-12-20/h3-12,17-18,21-24H,13-16H2,1-2H3. The largest absolute Gasteiger partial charge is 0.457 e. The predicted molar refractivity (Wildman–Crippen MR) is 139 cm³/mol. The van der Waals surface area contributed by atoms with Gasteiger partial charge in [-0.3, -0.25) is 29.0 Å². The Kier molecular flexibility index (Phi) is 7.51. The van der Waals surface area contributed by atoms with Crippen LogP contribution < -0.4 is 0 Å². The van der Waals surface area contributed by atoms with E-state index in [0.717, 1.165) is 9.80 Å². The molecule has 1 aliphatic carbocycles. The van der Waals surface area contributed by atoms with Crippen molar-refractivity contribution in [2.24, 2.45) is 23.7 Å². The van der Waals surface area contributed by atoms with Crippen LogP contribution in [0.3, 0.4) is 0 Å². The monoisotopic (exact) mass is 546 g/mol. The van der Waals surface area contributed by atoms with E-state index >= 15 is 0 Å². The zero-order chi connectivity index (χ0) is 28.6. The molecule has 2 aromatic rings. The molecule has 0 bridgehead atoms. The van der Waals surface area contributed by atoms with E-state index in [2.05, 4.69) is 0 Å². The van der Waals surface area contributed by atoms with Gasteiger partial charge in [-0.2, -0.15) is 0 Å². The van der Waals surface area contributed by atoms with Gasteiger partial charge in [0, 0.05) is 0 Å². The van der Waals surface area contributed by atoms with E-state index < -0.39 is 71.4 Å². The molecule has 10 heteroatoms. The summed E-state index contributed by atoms with van der Waals surface area (Å²) in [6.07, 6.45) is -1.29. The van der Waals surface area contributed by atoms with Crippen molar-refractivity contribution < 1.29 is 38.2 Å². The average Bonchev–Trinajstić information content (AvgIpc) is 3.32. The molecule has 2 aromatic carbocycles. The Morgan fingerprint density at radius 1 is 0.625 bits per heavy atom. The first-order valence-electron chi connectivity index (χ1n) is 13.4. The summed E-state index contributed by atoms with van der Waals surface area (Å²) >= 11 is 0. The molecule has 5 rings (SSSR count). The van der Waals surface area contributed by atoms with Crippen molar-refractivity contribution in [3.05, 3.63) is 71.8 Å². The zero-order valence-electron chi connectivity index (χ0n) is 22.2. The van der Waals surface area contributed by atoms with E-state index in [9.17, 15) is 28.8 Å². The molecule has 1 saturated carbocycles. The second-order valence-corrected chi connectivity index (χ2v) is 10.6. The molecule has 2 heterocycles. The predicted octanol–water partition coefficient (Wildman–Crippen LogP) is 2.47. The van der Waals surface area contributed by atoms with E-state index in [1.165, 1.54) is 0 Å². The summed E-state index contributed by atoms with van der Waals surface area (Å²) in [5.41, 5.74) is 0.723. The fourth-order valence-corrected chi connectivity index (χ4v) is 5.91. The highest BCUT2D eigenvalue weighted by molar-refractivity contribution is 6.09. The van der Waals surface area contributed by atoms with Gasteiger partial charge in [0.25, 0.3) is 0 Å². The number of amides is 4. The zero-order valence-corrected chi connectivity index (χ0v) is 22.2. The minimum atomic E-state index is -0.737. The lowest BCUT2D eigenvalue weighted by Crippen LogP contribution is -2.39. The molecular weight excluding hydrogens is 516 g/mol. The normalized spacial score (nSPS) is 25.4. The number of hydrogen-bond donors (Lipinski definition) is 0. The third kappa shape index (κ3) is 5.13. The summed E-state index contributed by atoms with van der Waals surface area (Å²) in [7, 11) is 0. The van der Waals surface area contributed by atoms with Gasteiger partial charge < -0.3 is 9.47 Å². The topological polar surface area (TPSA) is 127 Å². The van der Waals surface area contributed by atoms with Crippen LogP contribution >= 0.6 is 0 Å². The molecule has 2 saturated heterocycles. The van der Waals surface area contributed by atoms with Crippen LogP contribution in [0.25, 0.3) is 0 Å². The van der Waals surface area contributed by atoms with Crippen molar-refractivity contribution in [3.8, 4) is 0 Å². The van der Waals surface area contributed by atoms with Gasteiger partial charge in [-0.05, 0) is 51.0 Å². The Morgan fingerprint density at radius 2 is 0.925 bits per heavy atom. The van der Waals surface area contributed by atoms with E-state index in [-0.39, 0.29) is 25.9 Å². The van der Waals surface area contributed by atoms with Gasteiger partial charge in [0.1, 0.15) is 12.2 Å². The van der Waals surface area contributed by atoms with Crippen LogP contribution in [0.15, 0.2) is 60.7 Å². The lowest BCUT2D eigenvalue weighted by Gasteiger charge is -2.28. The van der Waals surface area contributed by atoms with Gasteiger partial charge in [0.2, 0.25) is 23.6 Å². The average molecular weight is 547 g/mol. The summed E-state index contributed by atoms with van der Waals surface area (Å²) in [6, 6.07) is 16.8. The molecule has 208 valence electrons. The lowest BCUT2D eigenvalue weighted by molar-refractivity contribution is -0.141. The Bertz CT molecular complexity index is 1200. The van der Waals surface area contributed by atoms with Crippen molar-refractivity contribution in [3.63, 3.8) is 0 Å². The summed E-state index contributed by atoms with van der Waals surface area (Å²) in [4.78, 5) is 79.8. The lowest BCUT2D eigenvalue weighted by atomic mass is 9.70. The van der Waals surface area contributed by atoms with Crippen LogP contribution in [-0.4, -0.2) is 70.7 Å². The number of imide groups is 2. The van der Waals surface area contributed by atoms with Crippen molar-refractivity contribution >= 4 is 35.6 Å². The number of fused-ring (bicyclic) bond motifs is 2. The molecule has 40 heavy (non-hydrogen) atoms. The van der Waals surface area contributed by atoms with E-state index in [4.69, 9.17) is 9.47 Å². The number of esters is 2. The highest BCUT2D eigenvalue weighted by Crippen LogP contribution is 2.47. The van der Waals surface area contributed by atoms with Crippen LogP contribution in [0.5, 0.6) is 0 Å². The summed E-state index contributed by atoms with van der Waals surface area (Å²) in [5, 5.41) is 0. The SMILES string of the molecule is CC(CN1C(=O)C2CC3C(=O)N(CC(C)OC(=O)c4ccccc4)C(=O)C3CC2C1=O)OC(=O)c1ccccc1. The maximum atomic E-state index is 13.2. The first-order valence-corrected chi connectivity index (χ1v) is 13.4. The molecule has 6 atom stereocenters. The van der Waals surface area contributed by atoms with Gasteiger partial charge in [0.15, 0.2) is 0 Å². The van der Waals surface area contributed by atoms with Gasteiger partial charge >= 0.3 is 11.9 Å². The summed E-state index contributed by atoms with van der Waals surface area (Å²) in [5.74, 6) is -5.63. The number of ether oxygens (including phenoxy) is 2. The Balaban J connectivity index is 1.20. The third-order valence-electron chi connectivity index (χ3n) is 7.83. The molecule has 3 aliphatic rings. The smallest absolute Gasteiger partial charge is 0.338 e. The minimum Gasteiger partial charge on any atom is -0.457 e. The number of nitrogens with zero attached hydrogens (tertiary/aromatic N) is 2. The fourth-order valence-electron chi connectivity index (χ4n) is 5.91. The molecule has 2 aliphatic heterocycles. The Hall–Kier alpha value is -4.34. The number of carbonyl (C=O) groups is 6. The van der Waals surface area contributed by atoms with E-state index in [1.807, 2.05) is 0 Å². The van der Waals surface area contributed by atoms with Crippen LogP contribution in [0.1, 0.15) is 47.4 Å². The van der Waals surface area contributed by atoms with Crippen LogP contribution in [0.4, 0.5) is 0 Å². The fraction of sp³-hybridized carbons (Fsp3) is 0.400. The van der Waals surface area contributed by atoms with E-state index in [1.54, 1.807) is 74.5 Å². The van der Waals surface area contributed by atoms with Gasteiger partial charge in [-0.1, -0.05) is 36.4 Å². The van der Waals surface area contributed by atoms with Crippen LogP contribution in [0.2, 0.25) is 0 Å². The second-order valence-electron chi connectivity index (χ2n) is 10.6. The second kappa shape index (κ2) is 11.0. The first kappa shape index (κ1) is 27.2. The van der Waals surface area contributed by atoms with E-state index in [0.29, 0.717) is 11.1 Å². The highest BCUT2D eigenvalue weighted by atomic mass is 16.5. The van der Waals surface area contributed by atoms with Crippen molar-refractivity contribution in [2.45, 2.75) is 38.9 Å². The number of benzene rings is 2. The first-order chi connectivity index (χ1) is 19.2. The molecule has 3 fully saturated rings. The molecule has 0 spiro atoms.